The Labute approximate surface area is 90.1 Å². The van der Waals surface area contributed by atoms with E-state index in [0.717, 1.165) is 4.31 Å². The van der Waals surface area contributed by atoms with Crippen LogP contribution in [0.15, 0.2) is 5.16 Å². The van der Waals surface area contributed by atoms with Crippen LogP contribution in [0, 0.1) is 0 Å². The molecule has 8 heteroatoms. The number of nitrogens with zero attached hydrogens (tertiary/aromatic N) is 2. The standard InChI is InChI=1S/C7H18N4O3S/c1-6(2)10-15(13,14)11(3)5-4-7(8)9-12/h6,10,12H,4-5H2,1-3H3,(H2,8,9). The summed E-state index contributed by atoms with van der Waals surface area (Å²) >= 11 is 0. The van der Waals surface area contributed by atoms with Crippen LogP contribution < -0.4 is 10.5 Å². The Kier molecular flexibility index (Phi) is 5.55. The summed E-state index contributed by atoms with van der Waals surface area (Å²) in [6.45, 7) is 3.63. The maximum atomic E-state index is 11.5. The molecule has 0 saturated carbocycles. The molecule has 0 radical (unpaired) electrons. The normalized spacial score (nSPS) is 13.8. The molecule has 0 aromatic heterocycles. The number of hydrogen-bond acceptors (Lipinski definition) is 4. The molecule has 0 aliphatic heterocycles. The predicted molar refractivity (Wildman–Crippen MR) is 57.8 cm³/mol. The van der Waals surface area contributed by atoms with Crippen LogP contribution >= 0.6 is 0 Å². The molecule has 0 rings (SSSR count). The highest BCUT2D eigenvalue weighted by Gasteiger charge is 2.18. The molecular weight excluding hydrogens is 220 g/mol. The van der Waals surface area contributed by atoms with E-state index in [-0.39, 0.29) is 24.8 Å². The number of nitrogens with two attached hydrogens (primary N) is 1. The summed E-state index contributed by atoms with van der Waals surface area (Å²) in [4.78, 5) is 0. The molecule has 0 unspecified atom stereocenters. The molecule has 0 spiro atoms. The van der Waals surface area contributed by atoms with Crippen molar-refractivity contribution in [2.24, 2.45) is 10.9 Å². The third kappa shape index (κ3) is 5.55. The highest BCUT2D eigenvalue weighted by atomic mass is 32.2. The largest absolute Gasteiger partial charge is 0.409 e. The Hall–Kier alpha value is -0.860. The monoisotopic (exact) mass is 238 g/mol. The fourth-order valence-electron chi connectivity index (χ4n) is 0.830. The lowest BCUT2D eigenvalue weighted by Gasteiger charge is -2.18. The number of nitrogens with one attached hydrogen (secondary N) is 1. The molecule has 0 saturated heterocycles. The van der Waals surface area contributed by atoms with Gasteiger partial charge < -0.3 is 10.9 Å². The van der Waals surface area contributed by atoms with E-state index in [1.54, 1.807) is 13.8 Å². The molecule has 0 atom stereocenters. The average molecular weight is 238 g/mol. The molecule has 0 fully saturated rings. The van der Waals surface area contributed by atoms with Crippen LogP contribution in [0.1, 0.15) is 20.3 Å². The second-order valence-corrected chi connectivity index (χ2v) is 5.25. The molecule has 0 bridgehead atoms. The van der Waals surface area contributed by atoms with Crippen molar-refractivity contribution in [2.75, 3.05) is 13.6 Å². The minimum Gasteiger partial charge on any atom is -0.409 e. The summed E-state index contributed by atoms with van der Waals surface area (Å²) in [5.41, 5.74) is 5.22. The second kappa shape index (κ2) is 5.89. The van der Waals surface area contributed by atoms with Crippen LogP contribution in [0.2, 0.25) is 0 Å². The van der Waals surface area contributed by atoms with Gasteiger partial charge in [-0.15, -0.1) is 0 Å². The van der Waals surface area contributed by atoms with E-state index < -0.39 is 10.2 Å². The quantitative estimate of drug-likeness (QED) is 0.246. The van der Waals surface area contributed by atoms with E-state index in [1.165, 1.54) is 7.05 Å². The van der Waals surface area contributed by atoms with Gasteiger partial charge in [0.25, 0.3) is 10.2 Å². The molecular formula is C7H18N4O3S. The lowest BCUT2D eigenvalue weighted by molar-refractivity contribution is 0.316. The molecule has 7 nitrogen and oxygen atoms in total. The van der Waals surface area contributed by atoms with Crippen molar-refractivity contribution in [3.8, 4) is 0 Å². The molecule has 0 aliphatic carbocycles. The van der Waals surface area contributed by atoms with Gasteiger partial charge in [-0.3, -0.25) is 0 Å². The summed E-state index contributed by atoms with van der Waals surface area (Å²) in [7, 11) is -2.05. The van der Waals surface area contributed by atoms with E-state index >= 15 is 0 Å². The highest BCUT2D eigenvalue weighted by molar-refractivity contribution is 7.87. The average Bonchev–Trinajstić information content (AvgIpc) is 2.11. The molecule has 0 aromatic carbocycles. The molecule has 0 amide bonds. The van der Waals surface area contributed by atoms with Crippen LogP contribution in [0.25, 0.3) is 0 Å². The highest BCUT2D eigenvalue weighted by Crippen LogP contribution is 1.97. The van der Waals surface area contributed by atoms with Crippen molar-refractivity contribution in [3.63, 3.8) is 0 Å². The zero-order valence-electron chi connectivity index (χ0n) is 9.14. The second-order valence-electron chi connectivity index (χ2n) is 3.44. The van der Waals surface area contributed by atoms with Gasteiger partial charge in [-0.25, -0.2) is 0 Å². The van der Waals surface area contributed by atoms with Crippen molar-refractivity contribution < 1.29 is 13.6 Å². The third-order valence-electron chi connectivity index (χ3n) is 1.61. The summed E-state index contributed by atoms with van der Waals surface area (Å²) in [5.74, 6) is 0.00148. The minimum atomic E-state index is -3.47. The first kappa shape index (κ1) is 14.1. The lowest BCUT2D eigenvalue weighted by atomic mass is 10.4. The van der Waals surface area contributed by atoms with Gasteiger partial charge >= 0.3 is 0 Å². The molecule has 15 heavy (non-hydrogen) atoms. The van der Waals surface area contributed by atoms with E-state index in [0.29, 0.717) is 0 Å². The molecule has 4 N–H and O–H groups in total. The van der Waals surface area contributed by atoms with Gasteiger partial charge in [-0.2, -0.15) is 17.4 Å². The van der Waals surface area contributed by atoms with Crippen molar-refractivity contribution in [3.05, 3.63) is 0 Å². The van der Waals surface area contributed by atoms with E-state index in [1.807, 2.05) is 0 Å². The summed E-state index contributed by atoms with van der Waals surface area (Å²) in [5, 5.41) is 11.0. The first-order valence-corrected chi connectivity index (χ1v) is 5.93. The van der Waals surface area contributed by atoms with Crippen LogP contribution in [0.5, 0.6) is 0 Å². The summed E-state index contributed by atoms with van der Waals surface area (Å²) < 4.78 is 26.6. The molecule has 0 heterocycles. The Bertz CT molecular complexity index is 312. The Balaban J connectivity index is 4.26. The van der Waals surface area contributed by atoms with Crippen molar-refractivity contribution in [2.45, 2.75) is 26.3 Å². The third-order valence-corrected chi connectivity index (χ3v) is 3.38. The van der Waals surface area contributed by atoms with Gasteiger partial charge in [0.15, 0.2) is 0 Å². The maximum Gasteiger partial charge on any atom is 0.279 e. The van der Waals surface area contributed by atoms with Crippen molar-refractivity contribution >= 4 is 16.0 Å². The Morgan fingerprint density at radius 1 is 1.60 bits per heavy atom. The Morgan fingerprint density at radius 2 is 2.13 bits per heavy atom. The topological polar surface area (TPSA) is 108 Å². The molecule has 0 aromatic rings. The lowest BCUT2D eigenvalue weighted by Crippen LogP contribution is -2.42. The van der Waals surface area contributed by atoms with Crippen LogP contribution in [-0.2, 0) is 10.2 Å². The zero-order chi connectivity index (χ0) is 12.1. The first-order chi connectivity index (χ1) is 6.79. The van der Waals surface area contributed by atoms with Gasteiger partial charge in [0.1, 0.15) is 5.84 Å². The maximum absolute atomic E-state index is 11.5. The fourth-order valence-corrected chi connectivity index (χ4v) is 1.94. The van der Waals surface area contributed by atoms with Crippen molar-refractivity contribution in [1.29, 1.82) is 0 Å². The van der Waals surface area contributed by atoms with Gasteiger partial charge in [-0.05, 0) is 13.8 Å². The number of hydrogen-bond donors (Lipinski definition) is 3. The molecule has 90 valence electrons. The molecule has 0 aliphatic rings. The zero-order valence-corrected chi connectivity index (χ0v) is 9.95. The number of rotatable bonds is 6. The van der Waals surface area contributed by atoms with E-state index in [2.05, 4.69) is 9.88 Å². The minimum absolute atomic E-state index is 0.00148. The van der Waals surface area contributed by atoms with Gasteiger partial charge in [0, 0.05) is 26.1 Å². The van der Waals surface area contributed by atoms with E-state index in [9.17, 15) is 8.42 Å². The van der Waals surface area contributed by atoms with Crippen LogP contribution in [-0.4, -0.2) is 43.4 Å². The van der Waals surface area contributed by atoms with Crippen LogP contribution in [0.4, 0.5) is 0 Å². The number of oxime groups is 1. The smallest absolute Gasteiger partial charge is 0.279 e. The van der Waals surface area contributed by atoms with Crippen LogP contribution in [0.3, 0.4) is 0 Å². The van der Waals surface area contributed by atoms with Crippen molar-refractivity contribution in [1.82, 2.24) is 9.03 Å². The Morgan fingerprint density at radius 3 is 2.53 bits per heavy atom. The predicted octanol–water partition coefficient (Wildman–Crippen LogP) is -0.702. The summed E-state index contributed by atoms with van der Waals surface area (Å²) in [6.07, 6.45) is 0.187. The summed E-state index contributed by atoms with van der Waals surface area (Å²) in [6, 6.07) is -0.165. The van der Waals surface area contributed by atoms with Gasteiger partial charge in [0.05, 0.1) is 0 Å². The van der Waals surface area contributed by atoms with Gasteiger partial charge in [0.2, 0.25) is 0 Å². The first-order valence-electron chi connectivity index (χ1n) is 4.49. The SMILES string of the molecule is CC(C)NS(=O)(=O)N(C)CCC(N)=NO. The van der Waals surface area contributed by atoms with E-state index in [4.69, 9.17) is 10.9 Å². The van der Waals surface area contributed by atoms with Gasteiger partial charge in [-0.1, -0.05) is 5.16 Å². The fraction of sp³-hybridized carbons (Fsp3) is 0.857. The number of amidine groups is 1.